The van der Waals surface area contributed by atoms with Gasteiger partial charge in [0.1, 0.15) is 0 Å². The third-order valence-corrected chi connectivity index (χ3v) is 5.68. The molecule has 1 spiro atoms. The summed E-state index contributed by atoms with van der Waals surface area (Å²) in [5.74, 6) is -5.15. The van der Waals surface area contributed by atoms with E-state index >= 15 is 0 Å². The van der Waals surface area contributed by atoms with Crippen LogP contribution in [0.5, 0.6) is 0 Å². The lowest BCUT2D eigenvalue weighted by atomic mass is 9.89. The van der Waals surface area contributed by atoms with E-state index < -0.39 is 43.1 Å². The van der Waals surface area contributed by atoms with Crippen molar-refractivity contribution in [2.45, 2.75) is 56.3 Å². The van der Waals surface area contributed by atoms with Crippen LogP contribution in [0.3, 0.4) is 0 Å². The maximum Gasteiger partial charge on any atom is 0.394 e. The molecule has 25 heavy (non-hydrogen) atoms. The number of carboxylic acid groups (broad SMARTS) is 1. The van der Waals surface area contributed by atoms with Crippen molar-refractivity contribution in [3.8, 4) is 0 Å². The molecule has 1 saturated carbocycles. The van der Waals surface area contributed by atoms with E-state index in [2.05, 4.69) is 5.32 Å². The van der Waals surface area contributed by atoms with E-state index in [1.54, 1.807) is 0 Å². The smallest absolute Gasteiger partial charge is 0.394 e. The van der Waals surface area contributed by atoms with Gasteiger partial charge < -0.3 is 20.1 Å². The summed E-state index contributed by atoms with van der Waals surface area (Å²) in [6.07, 6.45) is 0.704. The van der Waals surface area contributed by atoms with Crippen molar-refractivity contribution in [3.63, 3.8) is 0 Å². The minimum Gasteiger partial charge on any atom is -0.481 e. The Kier molecular flexibility index (Phi) is 4.87. The summed E-state index contributed by atoms with van der Waals surface area (Å²) < 4.78 is 45.0. The van der Waals surface area contributed by atoms with E-state index in [0.29, 0.717) is 19.4 Å². The zero-order valence-electron chi connectivity index (χ0n) is 13.8. The third kappa shape index (κ3) is 3.86. The molecule has 0 aromatic rings. The normalized spacial score (nSPS) is 32.1. The molecule has 0 aromatic carbocycles. The van der Waals surface area contributed by atoms with Crippen LogP contribution in [-0.2, 0) is 9.53 Å². The Hall–Kier alpha value is -1.51. The van der Waals surface area contributed by atoms with Gasteiger partial charge in [-0.2, -0.15) is 13.2 Å². The number of nitrogens with zero attached hydrogens (tertiary/aromatic N) is 1. The number of urea groups is 1. The van der Waals surface area contributed by atoms with Gasteiger partial charge in [-0.05, 0) is 25.7 Å². The number of halogens is 3. The number of carboxylic acids is 1. The van der Waals surface area contributed by atoms with E-state index in [1.807, 2.05) is 0 Å². The number of alkyl halides is 3. The lowest BCUT2D eigenvalue weighted by Gasteiger charge is -2.39. The average Bonchev–Trinajstić information content (AvgIpc) is 3.14. The maximum atomic E-state index is 13.0. The fourth-order valence-electron chi connectivity index (χ4n) is 4.34. The Morgan fingerprint density at radius 2 is 1.88 bits per heavy atom. The molecule has 142 valence electrons. The molecule has 3 rings (SSSR count). The molecular weight excluding hydrogens is 341 g/mol. The summed E-state index contributed by atoms with van der Waals surface area (Å²) in [5.41, 5.74) is -0.209. The van der Waals surface area contributed by atoms with Crippen molar-refractivity contribution in [1.82, 2.24) is 10.2 Å². The first-order valence-electron chi connectivity index (χ1n) is 8.69. The van der Waals surface area contributed by atoms with Gasteiger partial charge in [-0.25, -0.2) is 4.79 Å². The second kappa shape index (κ2) is 6.66. The van der Waals surface area contributed by atoms with Crippen molar-refractivity contribution in [1.29, 1.82) is 0 Å². The highest BCUT2D eigenvalue weighted by Gasteiger charge is 2.53. The van der Waals surface area contributed by atoms with E-state index in [0.717, 1.165) is 30.6 Å². The molecule has 6 nitrogen and oxygen atoms in total. The van der Waals surface area contributed by atoms with E-state index in [9.17, 15) is 22.8 Å². The minimum atomic E-state index is -4.63. The van der Waals surface area contributed by atoms with Gasteiger partial charge in [-0.3, -0.25) is 4.79 Å². The number of rotatable bonds is 2. The first-order chi connectivity index (χ1) is 11.7. The molecule has 3 fully saturated rings. The summed E-state index contributed by atoms with van der Waals surface area (Å²) in [7, 11) is 0. The average molecular weight is 364 g/mol. The van der Waals surface area contributed by atoms with Crippen LogP contribution in [0.1, 0.15) is 38.5 Å². The Morgan fingerprint density at radius 3 is 2.44 bits per heavy atom. The molecule has 2 aliphatic heterocycles. The van der Waals surface area contributed by atoms with Crippen molar-refractivity contribution in [2.24, 2.45) is 11.8 Å². The molecule has 2 N–H and O–H groups in total. The summed E-state index contributed by atoms with van der Waals surface area (Å²) in [6.45, 7) is -0.506. The molecule has 2 amide bonds. The Bertz CT molecular complexity index is 534. The largest absolute Gasteiger partial charge is 0.481 e. The van der Waals surface area contributed by atoms with E-state index in [-0.39, 0.29) is 11.6 Å². The first kappa shape index (κ1) is 18.3. The van der Waals surface area contributed by atoms with Gasteiger partial charge in [-0.1, -0.05) is 12.8 Å². The van der Waals surface area contributed by atoms with E-state index in [1.165, 1.54) is 0 Å². The molecule has 9 heteroatoms. The standard InChI is InChI=1S/C16H23F3N2O4/c17-16(18,19)12-9-21(8-11(12)13(22)23)14(24)20-10-3-6-25-15(7-10)4-1-2-5-15/h10-12H,1-9H2,(H,20,24)(H,22,23)/t10?,11-,12-/m1/s1. The van der Waals surface area contributed by atoms with Crippen LogP contribution in [0, 0.1) is 11.8 Å². The Labute approximate surface area is 143 Å². The van der Waals surface area contributed by atoms with Gasteiger partial charge in [0.25, 0.3) is 0 Å². The number of hydrogen-bond donors (Lipinski definition) is 2. The number of amides is 2. The molecule has 1 aliphatic carbocycles. The van der Waals surface area contributed by atoms with Gasteiger partial charge in [0.15, 0.2) is 0 Å². The predicted molar refractivity (Wildman–Crippen MR) is 80.9 cm³/mol. The molecule has 0 bridgehead atoms. The van der Waals surface area contributed by atoms with Crippen molar-refractivity contribution in [3.05, 3.63) is 0 Å². The van der Waals surface area contributed by atoms with Gasteiger partial charge in [0, 0.05) is 25.7 Å². The number of ether oxygens (including phenoxy) is 1. The molecule has 2 heterocycles. The van der Waals surface area contributed by atoms with Gasteiger partial charge in [0.05, 0.1) is 17.4 Å². The minimum absolute atomic E-state index is 0.146. The number of likely N-dealkylation sites (tertiary alicyclic amines) is 1. The SMILES string of the molecule is O=C(O)[C@@H]1CN(C(=O)NC2CCOC3(CCCC3)C2)C[C@H]1C(F)(F)F. The van der Waals surface area contributed by atoms with Crippen molar-refractivity contribution < 1.29 is 32.6 Å². The second-order valence-corrected chi connectivity index (χ2v) is 7.38. The molecule has 0 aromatic heterocycles. The van der Waals surface area contributed by atoms with Crippen LogP contribution in [0.4, 0.5) is 18.0 Å². The van der Waals surface area contributed by atoms with Crippen LogP contribution in [0.15, 0.2) is 0 Å². The lowest BCUT2D eigenvalue weighted by Crippen LogP contribution is -2.50. The fraction of sp³-hybridized carbons (Fsp3) is 0.875. The fourth-order valence-corrected chi connectivity index (χ4v) is 4.34. The second-order valence-electron chi connectivity index (χ2n) is 7.38. The molecule has 3 aliphatic rings. The first-order valence-corrected chi connectivity index (χ1v) is 8.69. The molecule has 0 radical (unpaired) electrons. The zero-order valence-corrected chi connectivity index (χ0v) is 13.8. The quantitative estimate of drug-likeness (QED) is 0.789. The summed E-state index contributed by atoms with van der Waals surface area (Å²) in [6, 6.07) is -0.759. The highest BCUT2D eigenvalue weighted by molar-refractivity contribution is 5.78. The van der Waals surface area contributed by atoms with E-state index in [4.69, 9.17) is 9.84 Å². The predicted octanol–water partition coefficient (Wildman–Crippen LogP) is 2.38. The number of aliphatic carboxylic acids is 1. The number of carbonyl (C=O) groups excluding carboxylic acids is 1. The lowest BCUT2D eigenvalue weighted by molar-refractivity contribution is -0.187. The third-order valence-electron chi connectivity index (χ3n) is 5.68. The zero-order chi connectivity index (χ0) is 18.2. The maximum absolute atomic E-state index is 13.0. The Morgan fingerprint density at radius 1 is 1.20 bits per heavy atom. The number of hydrogen-bond acceptors (Lipinski definition) is 3. The van der Waals surface area contributed by atoms with Crippen LogP contribution < -0.4 is 5.32 Å². The highest BCUT2D eigenvalue weighted by atomic mass is 19.4. The van der Waals surface area contributed by atoms with Gasteiger partial charge in [0.2, 0.25) is 0 Å². The molecular formula is C16H23F3N2O4. The van der Waals surface area contributed by atoms with Crippen LogP contribution in [0.2, 0.25) is 0 Å². The monoisotopic (exact) mass is 364 g/mol. The summed E-state index contributed by atoms with van der Waals surface area (Å²) in [5, 5.41) is 11.8. The number of nitrogens with one attached hydrogen (secondary N) is 1. The van der Waals surface area contributed by atoms with Gasteiger partial charge >= 0.3 is 18.2 Å². The van der Waals surface area contributed by atoms with Crippen molar-refractivity contribution in [2.75, 3.05) is 19.7 Å². The molecule has 3 atom stereocenters. The van der Waals surface area contributed by atoms with Crippen molar-refractivity contribution >= 4 is 12.0 Å². The van der Waals surface area contributed by atoms with Crippen LogP contribution >= 0.6 is 0 Å². The number of carbonyl (C=O) groups is 2. The summed E-state index contributed by atoms with van der Waals surface area (Å²) >= 11 is 0. The Balaban J connectivity index is 1.60. The summed E-state index contributed by atoms with van der Waals surface area (Å²) in [4.78, 5) is 24.5. The van der Waals surface area contributed by atoms with Crippen LogP contribution in [0.25, 0.3) is 0 Å². The highest BCUT2D eigenvalue weighted by Crippen LogP contribution is 2.40. The molecule has 1 unspecified atom stereocenters. The topological polar surface area (TPSA) is 78.9 Å². The van der Waals surface area contributed by atoms with Crippen LogP contribution in [-0.4, -0.2) is 59.5 Å². The molecule has 2 saturated heterocycles. The van der Waals surface area contributed by atoms with Gasteiger partial charge in [-0.15, -0.1) is 0 Å².